The SMILES string of the molecule is COc1cc(C)c2[nH]ccc2c1CN1CCN(CCC(F)(F)F)C[C@H]1c1ccc(C(N)=O)cc1. The zero-order valence-corrected chi connectivity index (χ0v) is 19.3. The second-order valence-corrected chi connectivity index (χ2v) is 8.78. The van der Waals surface area contributed by atoms with Crippen molar-refractivity contribution in [2.45, 2.75) is 32.1 Å². The molecule has 3 aromatic rings. The highest BCUT2D eigenvalue weighted by molar-refractivity contribution is 5.92. The number of methoxy groups -OCH3 is 1. The first-order valence-corrected chi connectivity index (χ1v) is 11.2. The summed E-state index contributed by atoms with van der Waals surface area (Å²) in [5, 5.41) is 1.07. The van der Waals surface area contributed by atoms with Crippen molar-refractivity contribution in [3.63, 3.8) is 0 Å². The standard InChI is InChI=1S/C25H29F3N4O2/c1-16-13-22(34-2)20(19-7-9-30-23(16)19)14-32-12-11-31(10-8-25(26,27)28)15-21(32)17-3-5-18(6-4-17)24(29)33/h3-7,9,13,21,30H,8,10-12,14-15H2,1-2H3,(H2,29,33)/t21-/m0/s1. The van der Waals surface area contributed by atoms with E-state index in [9.17, 15) is 18.0 Å². The molecule has 9 heteroatoms. The summed E-state index contributed by atoms with van der Waals surface area (Å²) in [6.07, 6.45) is -3.13. The van der Waals surface area contributed by atoms with Crippen LogP contribution in [0.1, 0.15) is 39.5 Å². The van der Waals surface area contributed by atoms with Gasteiger partial charge in [-0.05, 0) is 42.3 Å². The summed E-state index contributed by atoms with van der Waals surface area (Å²) in [6, 6.07) is 10.9. The van der Waals surface area contributed by atoms with Crippen LogP contribution in [0.4, 0.5) is 13.2 Å². The Morgan fingerprint density at radius 1 is 1.21 bits per heavy atom. The number of benzene rings is 2. The molecule has 3 N–H and O–H groups in total. The Morgan fingerprint density at radius 3 is 2.59 bits per heavy atom. The first-order valence-electron chi connectivity index (χ1n) is 11.2. The van der Waals surface area contributed by atoms with Gasteiger partial charge in [0.15, 0.2) is 0 Å². The number of hydrogen-bond acceptors (Lipinski definition) is 4. The van der Waals surface area contributed by atoms with Crippen LogP contribution in [0.3, 0.4) is 0 Å². The number of alkyl halides is 3. The molecule has 0 radical (unpaired) electrons. The Morgan fingerprint density at radius 2 is 1.94 bits per heavy atom. The van der Waals surface area contributed by atoms with E-state index in [0.717, 1.165) is 33.3 Å². The first kappa shape index (κ1) is 24.1. The van der Waals surface area contributed by atoms with Crippen LogP contribution in [0, 0.1) is 6.92 Å². The summed E-state index contributed by atoms with van der Waals surface area (Å²) >= 11 is 0. The Bertz CT molecular complexity index is 1160. The third kappa shape index (κ3) is 5.20. The van der Waals surface area contributed by atoms with E-state index in [4.69, 9.17) is 10.5 Å². The maximum Gasteiger partial charge on any atom is 0.390 e. The lowest BCUT2D eigenvalue weighted by Crippen LogP contribution is -2.48. The number of carbonyl (C=O) groups is 1. The van der Waals surface area contributed by atoms with Crippen LogP contribution >= 0.6 is 0 Å². The second kappa shape index (κ2) is 9.68. The number of aryl methyl sites for hydroxylation is 1. The van der Waals surface area contributed by atoms with E-state index in [1.165, 1.54) is 0 Å². The average molecular weight is 475 g/mol. The van der Waals surface area contributed by atoms with Gasteiger partial charge in [0.2, 0.25) is 5.91 Å². The lowest BCUT2D eigenvalue weighted by molar-refractivity contribution is -0.139. The van der Waals surface area contributed by atoms with Gasteiger partial charge in [0.05, 0.1) is 13.5 Å². The number of amides is 1. The molecule has 1 fully saturated rings. The summed E-state index contributed by atoms with van der Waals surface area (Å²) < 4.78 is 44.3. The topological polar surface area (TPSA) is 74.6 Å². The molecule has 0 bridgehead atoms. The third-order valence-corrected chi connectivity index (χ3v) is 6.56. The molecule has 0 aliphatic carbocycles. The number of nitrogens with two attached hydrogens (primary N) is 1. The van der Waals surface area contributed by atoms with Crippen molar-refractivity contribution in [1.82, 2.24) is 14.8 Å². The molecule has 1 atom stereocenters. The van der Waals surface area contributed by atoms with Gasteiger partial charge < -0.3 is 15.5 Å². The van der Waals surface area contributed by atoms with Crippen molar-refractivity contribution < 1.29 is 22.7 Å². The maximum absolute atomic E-state index is 12.9. The normalized spacial score (nSPS) is 17.9. The highest BCUT2D eigenvalue weighted by Crippen LogP contribution is 2.35. The van der Waals surface area contributed by atoms with Crippen molar-refractivity contribution in [3.05, 3.63) is 64.8 Å². The summed E-state index contributed by atoms with van der Waals surface area (Å²) in [5.41, 5.74) is 9.86. The van der Waals surface area contributed by atoms with Crippen LogP contribution in [0.15, 0.2) is 42.6 Å². The molecule has 6 nitrogen and oxygen atoms in total. The number of nitrogens with one attached hydrogen (secondary N) is 1. The van der Waals surface area contributed by atoms with Crippen LogP contribution in [-0.2, 0) is 6.54 Å². The van der Waals surface area contributed by atoms with Crippen molar-refractivity contribution in [2.75, 3.05) is 33.3 Å². The van der Waals surface area contributed by atoms with E-state index in [0.29, 0.717) is 31.7 Å². The molecule has 4 rings (SSSR count). The van der Waals surface area contributed by atoms with Crippen LogP contribution in [0.2, 0.25) is 0 Å². The fourth-order valence-electron chi connectivity index (χ4n) is 4.72. The molecular weight excluding hydrogens is 445 g/mol. The van der Waals surface area contributed by atoms with E-state index in [1.54, 1.807) is 19.2 Å². The van der Waals surface area contributed by atoms with E-state index >= 15 is 0 Å². The van der Waals surface area contributed by atoms with Gasteiger partial charge in [-0.15, -0.1) is 0 Å². The molecule has 1 aliphatic rings. The monoisotopic (exact) mass is 474 g/mol. The molecule has 0 unspecified atom stereocenters. The highest BCUT2D eigenvalue weighted by Gasteiger charge is 2.33. The number of ether oxygens (including phenoxy) is 1. The van der Waals surface area contributed by atoms with Gasteiger partial charge in [-0.2, -0.15) is 13.2 Å². The summed E-state index contributed by atoms with van der Waals surface area (Å²) in [6.45, 7) is 4.15. The number of halogens is 3. The predicted octanol–water partition coefficient (Wildman–Crippen LogP) is 4.40. The van der Waals surface area contributed by atoms with E-state index in [2.05, 4.69) is 9.88 Å². The number of fused-ring (bicyclic) bond motifs is 1. The molecule has 0 saturated carbocycles. The van der Waals surface area contributed by atoms with Crippen molar-refractivity contribution in [2.24, 2.45) is 5.73 Å². The number of carbonyl (C=O) groups excluding carboxylic acids is 1. The zero-order chi connectivity index (χ0) is 24.5. The van der Waals surface area contributed by atoms with Gasteiger partial charge in [-0.1, -0.05) is 12.1 Å². The molecule has 1 saturated heterocycles. The highest BCUT2D eigenvalue weighted by atomic mass is 19.4. The average Bonchev–Trinajstić information content (AvgIpc) is 3.30. The minimum Gasteiger partial charge on any atom is -0.496 e. The number of hydrogen-bond donors (Lipinski definition) is 2. The van der Waals surface area contributed by atoms with Gasteiger partial charge in [0.1, 0.15) is 5.75 Å². The second-order valence-electron chi connectivity index (χ2n) is 8.78. The number of aromatic nitrogens is 1. The summed E-state index contributed by atoms with van der Waals surface area (Å²) in [4.78, 5) is 18.9. The number of aromatic amines is 1. The summed E-state index contributed by atoms with van der Waals surface area (Å²) in [5.74, 6) is 0.269. The smallest absolute Gasteiger partial charge is 0.390 e. The number of nitrogens with zero attached hydrogens (tertiary/aromatic N) is 2. The van der Waals surface area contributed by atoms with E-state index in [1.807, 2.05) is 42.3 Å². The van der Waals surface area contributed by atoms with Gasteiger partial charge >= 0.3 is 6.18 Å². The number of primary amides is 1. The Kier molecular flexibility index (Phi) is 6.86. The Balaban J connectivity index is 1.65. The molecule has 0 spiro atoms. The molecule has 2 heterocycles. The Labute approximate surface area is 196 Å². The lowest BCUT2D eigenvalue weighted by atomic mass is 9.98. The minimum absolute atomic E-state index is 0.0386. The molecule has 182 valence electrons. The predicted molar refractivity (Wildman–Crippen MR) is 125 cm³/mol. The van der Waals surface area contributed by atoms with Crippen molar-refractivity contribution in [1.29, 1.82) is 0 Å². The van der Waals surface area contributed by atoms with E-state index < -0.39 is 18.5 Å². The quantitative estimate of drug-likeness (QED) is 0.533. The van der Waals surface area contributed by atoms with Gasteiger partial charge in [0, 0.05) is 67.0 Å². The minimum atomic E-state index is -4.19. The fraction of sp³-hybridized carbons (Fsp3) is 0.400. The molecule has 1 aromatic heterocycles. The van der Waals surface area contributed by atoms with E-state index in [-0.39, 0.29) is 12.6 Å². The molecule has 1 aliphatic heterocycles. The molecule has 34 heavy (non-hydrogen) atoms. The maximum atomic E-state index is 12.9. The van der Waals surface area contributed by atoms with Crippen molar-refractivity contribution in [3.8, 4) is 5.75 Å². The lowest BCUT2D eigenvalue weighted by Gasteiger charge is -2.42. The van der Waals surface area contributed by atoms with Crippen molar-refractivity contribution >= 4 is 16.8 Å². The summed E-state index contributed by atoms with van der Waals surface area (Å²) in [7, 11) is 1.64. The first-order chi connectivity index (χ1) is 16.2. The molecular formula is C25H29F3N4O2. The Hall–Kier alpha value is -3.04. The van der Waals surface area contributed by atoms with Gasteiger partial charge in [-0.25, -0.2) is 0 Å². The van der Waals surface area contributed by atoms with Crippen LogP contribution < -0.4 is 10.5 Å². The van der Waals surface area contributed by atoms with Crippen LogP contribution in [-0.4, -0.2) is 60.2 Å². The number of rotatable bonds is 7. The molecule has 1 amide bonds. The largest absolute Gasteiger partial charge is 0.496 e. The van der Waals surface area contributed by atoms with Crippen LogP contribution in [0.25, 0.3) is 10.9 Å². The zero-order valence-electron chi connectivity index (χ0n) is 19.3. The fourth-order valence-corrected chi connectivity index (χ4v) is 4.72. The van der Waals surface area contributed by atoms with Gasteiger partial charge in [-0.3, -0.25) is 14.6 Å². The number of piperazine rings is 1. The third-order valence-electron chi connectivity index (χ3n) is 6.56. The number of H-pyrrole nitrogens is 1. The van der Waals surface area contributed by atoms with Crippen LogP contribution in [0.5, 0.6) is 5.75 Å². The molecule has 2 aromatic carbocycles. The van der Waals surface area contributed by atoms with Gasteiger partial charge in [0.25, 0.3) is 0 Å².